The van der Waals surface area contributed by atoms with Gasteiger partial charge >= 0.3 is 0 Å². The molecule has 0 atom stereocenters. The molecule has 0 aliphatic carbocycles. The molecule has 1 heterocycles. The minimum absolute atomic E-state index is 0.0342. The van der Waals surface area contributed by atoms with Crippen LogP contribution in [0.3, 0.4) is 0 Å². The lowest BCUT2D eigenvalue weighted by Gasteiger charge is -2.04. The fourth-order valence-corrected chi connectivity index (χ4v) is 2.91. The van der Waals surface area contributed by atoms with E-state index in [1.165, 1.54) is 10.5 Å². The van der Waals surface area contributed by atoms with Crippen LogP contribution < -0.4 is 0 Å². The summed E-state index contributed by atoms with van der Waals surface area (Å²) in [6, 6.07) is 8.57. The van der Waals surface area contributed by atoms with Crippen LogP contribution in [0.1, 0.15) is 11.3 Å². The van der Waals surface area contributed by atoms with Gasteiger partial charge in [-0.3, -0.25) is 0 Å². The monoisotopic (exact) mass is 280 g/mol. The van der Waals surface area contributed by atoms with E-state index in [2.05, 4.69) is 35.5 Å². The number of hydrogen-bond acceptors (Lipinski definition) is 4. The van der Waals surface area contributed by atoms with Crippen LogP contribution in [0.25, 0.3) is 0 Å². The van der Waals surface area contributed by atoms with E-state index >= 15 is 0 Å². The van der Waals surface area contributed by atoms with Gasteiger partial charge in [-0.1, -0.05) is 23.9 Å². The first-order chi connectivity index (χ1) is 8.74. The lowest BCUT2D eigenvalue weighted by molar-refractivity contribution is 0.271. The quantitative estimate of drug-likeness (QED) is 0.855. The first-order valence-electron chi connectivity index (χ1n) is 5.61. The maximum atomic E-state index is 9.10. The van der Waals surface area contributed by atoms with E-state index in [-0.39, 0.29) is 6.61 Å². The molecule has 1 aromatic carbocycles. The van der Waals surface area contributed by atoms with Crippen LogP contribution in [0, 0.1) is 0 Å². The van der Waals surface area contributed by atoms with E-state index < -0.39 is 0 Å². The molecular formula is C13H16N2OS2. The predicted molar refractivity (Wildman–Crippen MR) is 76.9 cm³/mol. The van der Waals surface area contributed by atoms with Gasteiger partial charge < -0.3 is 9.67 Å². The van der Waals surface area contributed by atoms with Crippen LogP contribution in [-0.2, 0) is 19.4 Å². The summed E-state index contributed by atoms with van der Waals surface area (Å²) in [5, 5.41) is 10.0. The van der Waals surface area contributed by atoms with Crippen LogP contribution in [-0.4, -0.2) is 20.9 Å². The van der Waals surface area contributed by atoms with E-state index in [0.717, 1.165) is 16.6 Å². The number of rotatable bonds is 5. The highest BCUT2D eigenvalue weighted by molar-refractivity contribution is 7.98. The third kappa shape index (κ3) is 3.10. The number of nitrogens with zero attached hydrogens (tertiary/aromatic N) is 2. The highest BCUT2D eigenvalue weighted by Crippen LogP contribution is 2.23. The Bertz CT molecular complexity index is 508. The van der Waals surface area contributed by atoms with E-state index in [1.807, 2.05) is 11.6 Å². The Hall–Kier alpha value is -0.910. The molecule has 0 aliphatic heterocycles. The first kappa shape index (κ1) is 13.5. The number of aliphatic hydroxyl groups excluding tert-OH is 1. The maximum Gasteiger partial charge on any atom is 0.168 e. The van der Waals surface area contributed by atoms with Gasteiger partial charge in [0, 0.05) is 17.7 Å². The molecule has 0 radical (unpaired) electrons. The molecule has 2 aromatic rings. The molecule has 0 saturated heterocycles. The van der Waals surface area contributed by atoms with Crippen LogP contribution in [0.15, 0.2) is 40.5 Å². The summed E-state index contributed by atoms with van der Waals surface area (Å²) < 4.78 is 1.93. The van der Waals surface area contributed by atoms with E-state index in [1.54, 1.807) is 29.7 Å². The summed E-state index contributed by atoms with van der Waals surface area (Å²) in [4.78, 5) is 5.58. The second-order valence-corrected chi connectivity index (χ2v) is 5.71. The third-order valence-electron chi connectivity index (χ3n) is 2.73. The average molecular weight is 280 g/mol. The zero-order chi connectivity index (χ0) is 13.0. The van der Waals surface area contributed by atoms with Crippen LogP contribution in [0.4, 0.5) is 0 Å². The van der Waals surface area contributed by atoms with E-state index in [4.69, 9.17) is 5.11 Å². The summed E-state index contributed by atoms with van der Waals surface area (Å²) in [5.41, 5.74) is 2.13. The van der Waals surface area contributed by atoms with Gasteiger partial charge in [0.25, 0.3) is 0 Å². The number of imidazole rings is 1. The Morgan fingerprint density at radius 2 is 2.00 bits per heavy atom. The molecule has 1 aromatic heterocycles. The molecule has 0 spiro atoms. The van der Waals surface area contributed by atoms with Crippen molar-refractivity contribution in [3.05, 3.63) is 41.7 Å². The van der Waals surface area contributed by atoms with Crippen molar-refractivity contribution in [1.82, 2.24) is 9.55 Å². The number of thioether (sulfide) groups is 2. The highest BCUT2D eigenvalue weighted by Gasteiger charge is 2.06. The van der Waals surface area contributed by atoms with Crippen molar-refractivity contribution in [3.63, 3.8) is 0 Å². The number of aliphatic hydroxyl groups is 1. The molecule has 3 nitrogen and oxygen atoms in total. The first-order valence-corrected chi connectivity index (χ1v) is 7.83. The summed E-state index contributed by atoms with van der Waals surface area (Å²) in [7, 11) is 1.93. The minimum Gasteiger partial charge on any atom is -0.390 e. The molecule has 96 valence electrons. The maximum absolute atomic E-state index is 9.10. The van der Waals surface area contributed by atoms with Crippen LogP contribution >= 0.6 is 23.5 Å². The average Bonchev–Trinajstić information content (AvgIpc) is 2.77. The SMILES string of the molecule is CSc1ccc(CSc2ncc(CO)n2C)cc1. The summed E-state index contributed by atoms with van der Waals surface area (Å²) in [6.45, 7) is 0.0342. The number of aromatic nitrogens is 2. The van der Waals surface area contributed by atoms with Gasteiger partial charge in [0.1, 0.15) is 0 Å². The molecule has 0 saturated carbocycles. The number of benzene rings is 1. The van der Waals surface area contributed by atoms with Gasteiger partial charge in [-0.2, -0.15) is 0 Å². The molecule has 0 fully saturated rings. The molecule has 0 bridgehead atoms. The Kier molecular flexibility index (Phi) is 4.74. The van der Waals surface area contributed by atoms with Crippen molar-refractivity contribution in [2.75, 3.05) is 6.26 Å². The van der Waals surface area contributed by atoms with Crippen molar-refractivity contribution in [3.8, 4) is 0 Å². The molecule has 2 rings (SSSR count). The minimum atomic E-state index is 0.0342. The van der Waals surface area contributed by atoms with E-state index in [0.29, 0.717) is 0 Å². The largest absolute Gasteiger partial charge is 0.390 e. The highest BCUT2D eigenvalue weighted by atomic mass is 32.2. The Labute approximate surface area is 116 Å². The summed E-state index contributed by atoms with van der Waals surface area (Å²) in [5.74, 6) is 0.893. The fraction of sp³-hybridized carbons (Fsp3) is 0.308. The van der Waals surface area contributed by atoms with Gasteiger partial charge in [0.15, 0.2) is 5.16 Å². The van der Waals surface area contributed by atoms with Crippen molar-refractivity contribution < 1.29 is 5.11 Å². The second-order valence-electron chi connectivity index (χ2n) is 3.89. The van der Waals surface area contributed by atoms with Crippen LogP contribution in [0.2, 0.25) is 0 Å². The van der Waals surface area contributed by atoms with Crippen molar-refractivity contribution in [2.45, 2.75) is 22.4 Å². The molecule has 0 unspecified atom stereocenters. The van der Waals surface area contributed by atoms with Gasteiger partial charge in [0.2, 0.25) is 0 Å². The van der Waals surface area contributed by atoms with Gasteiger partial charge in [-0.05, 0) is 24.0 Å². The van der Waals surface area contributed by atoms with Gasteiger partial charge in [-0.25, -0.2) is 4.98 Å². The normalized spacial score (nSPS) is 10.8. The topological polar surface area (TPSA) is 38.1 Å². The molecule has 5 heteroatoms. The Morgan fingerprint density at radius 3 is 2.56 bits per heavy atom. The van der Waals surface area contributed by atoms with Gasteiger partial charge in [0.05, 0.1) is 18.5 Å². The van der Waals surface area contributed by atoms with Crippen molar-refractivity contribution in [2.24, 2.45) is 7.05 Å². The summed E-state index contributed by atoms with van der Waals surface area (Å²) in [6.07, 6.45) is 3.80. The smallest absolute Gasteiger partial charge is 0.168 e. The van der Waals surface area contributed by atoms with Crippen LogP contribution in [0.5, 0.6) is 0 Å². The molecule has 18 heavy (non-hydrogen) atoms. The van der Waals surface area contributed by atoms with E-state index in [9.17, 15) is 0 Å². The lowest BCUT2D eigenvalue weighted by Crippen LogP contribution is -1.97. The Morgan fingerprint density at radius 1 is 1.28 bits per heavy atom. The standard InChI is InChI=1S/C13H16N2OS2/c1-15-11(8-16)7-14-13(15)18-9-10-3-5-12(17-2)6-4-10/h3-7,16H,8-9H2,1-2H3. The van der Waals surface area contributed by atoms with Gasteiger partial charge in [-0.15, -0.1) is 11.8 Å². The molecular weight excluding hydrogens is 264 g/mol. The lowest BCUT2D eigenvalue weighted by atomic mass is 10.2. The Balaban J connectivity index is 1.99. The number of hydrogen-bond donors (Lipinski definition) is 1. The van der Waals surface area contributed by atoms with Crippen molar-refractivity contribution in [1.29, 1.82) is 0 Å². The third-order valence-corrected chi connectivity index (χ3v) is 4.59. The predicted octanol–water partition coefficient (Wildman–Crippen LogP) is 2.93. The molecule has 0 amide bonds. The molecule has 0 aliphatic rings. The second kappa shape index (κ2) is 6.31. The zero-order valence-corrected chi connectivity index (χ0v) is 12.1. The molecule has 1 N–H and O–H groups in total. The fourth-order valence-electron chi connectivity index (χ4n) is 1.58. The van der Waals surface area contributed by atoms with Crippen molar-refractivity contribution >= 4 is 23.5 Å². The zero-order valence-electron chi connectivity index (χ0n) is 10.5. The summed E-state index contributed by atoms with van der Waals surface area (Å²) >= 11 is 3.43.